The number of nitrogens with zero attached hydrogens (tertiary/aromatic N) is 1. The molecule has 1 aliphatic heterocycles. The molecule has 0 fully saturated rings. The van der Waals surface area contributed by atoms with Gasteiger partial charge in [0.2, 0.25) is 0 Å². The first-order chi connectivity index (χ1) is 6.33. The summed E-state index contributed by atoms with van der Waals surface area (Å²) in [5.74, 6) is 1.77. The maximum absolute atomic E-state index is 10.5. The van der Waals surface area contributed by atoms with Gasteiger partial charge in [-0.25, -0.2) is 4.79 Å². The van der Waals surface area contributed by atoms with E-state index in [-0.39, 0.29) is 0 Å². The van der Waals surface area contributed by atoms with Gasteiger partial charge in [-0.3, -0.25) is 5.43 Å². The van der Waals surface area contributed by atoms with Gasteiger partial charge in [-0.05, 0) is 0 Å². The highest BCUT2D eigenvalue weighted by Gasteiger charge is 2.15. The summed E-state index contributed by atoms with van der Waals surface area (Å²) in [6, 6.07) is 7.26. The van der Waals surface area contributed by atoms with Gasteiger partial charge in [-0.15, -0.1) is 0 Å². The third kappa shape index (κ3) is 1.24. The molecule has 64 valence electrons. The quantitative estimate of drug-likeness (QED) is 0.631. The van der Waals surface area contributed by atoms with E-state index in [1.165, 1.54) is 0 Å². The second kappa shape index (κ2) is 3.05. The number of nitrogens with one attached hydrogen (secondary N) is 1. The zero-order valence-corrected chi connectivity index (χ0v) is 7.30. The first-order valence-corrected chi connectivity index (χ1v) is 4.05. The van der Waals surface area contributed by atoms with Crippen LogP contribution < -0.4 is 5.43 Å². The molecule has 0 saturated carbocycles. The number of carbonyl (C=O) groups excluding carboxylic acids is 1. The summed E-state index contributed by atoms with van der Waals surface area (Å²) in [5.41, 5.74) is 4.33. The number of hydrogen-bond acceptors (Lipinski definition) is 3. The molecule has 4 heteroatoms. The van der Waals surface area contributed by atoms with Crippen LogP contribution in [0.15, 0.2) is 29.4 Å². The molecule has 0 radical (unpaired) electrons. The fourth-order valence-electron chi connectivity index (χ4n) is 1.18. The molecule has 0 atom stereocenters. The van der Waals surface area contributed by atoms with Gasteiger partial charge < -0.3 is 0 Å². The molecule has 0 aliphatic carbocycles. The summed E-state index contributed by atoms with van der Waals surface area (Å²) in [7, 11) is 0. The van der Waals surface area contributed by atoms with Gasteiger partial charge >= 0.3 is 0 Å². The highest BCUT2D eigenvalue weighted by atomic mass is 35.5. The van der Waals surface area contributed by atoms with Crippen molar-refractivity contribution in [2.45, 2.75) is 0 Å². The molecule has 0 unspecified atom stereocenters. The van der Waals surface area contributed by atoms with E-state index in [0.29, 0.717) is 10.9 Å². The van der Waals surface area contributed by atoms with Crippen LogP contribution in [-0.4, -0.2) is 11.1 Å². The van der Waals surface area contributed by atoms with Gasteiger partial charge in [-0.1, -0.05) is 35.9 Å². The summed E-state index contributed by atoms with van der Waals surface area (Å²) >= 11 is 5.81. The molecular weight excluding hydrogens is 188 g/mol. The zero-order chi connectivity index (χ0) is 9.26. The minimum atomic E-state index is 0.319. The van der Waals surface area contributed by atoms with E-state index in [0.717, 1.165) is 11.1 Å². The fraction of sp³-hybridized carbons (Fsp3) is 0. The minimum absolute atomic E-state index is 0.319. The van der Waals surface area contributed by atoms with Crippen molar-refractivity contribution < 1.29 is 4.79 Å². The van der Waals surface area contributed by atoms with Crippen LogP contribution in [0.2, 0.25) is 0 Å². The minimum Gasteiger partial charge on any atom is -0.266 e. The van der Waals surface area contributed by atoms with Crippen LogP contribution in [-0.2, 0) is 4.79 Å². The monoisotopic (exact) mass is 192 g/mol. The third-order valence-corrected chi connectivity index (χ3v) is 2.07. The number of hydrazone groups is 1. The molecule has 0 bridgehead atoms. The molecule has 0 amide bonds. The highest BCUT2D eigenvalue weighted by Crippen LogP contribution is 2.21. The van der Waals surface area contributed by atoms with Crippen molar-refractivity contribution in [3.63, 3.8) is 0 Å². The summed E-state index contributed by atoms with van der Waals surface area (Å²) in [6.07, 6.45) is 0. The molecule has 0 aromatic heterocycles. The SMILES string of the molecule is O=C=C1NN=C(Cl)c2ccccc21. The molecule has 3 nitrogen and oxygen atoms in total. The number of halogens is 1. The maximum atomic E-state index is 10.5. The van der Waals surface area contributed by atoms with Crippen molar-refractivity contribution in [3.8, 4) is 0 Å². The highest BCUT2D eigenvalue weighted by molar-refractivity contribution is 6.70. The molecule has 2 rings (SSSR count). The van der Waals surface area contributed by atoms with Crippen LogP contribution in [0.25, 0.3) is 5.70 Å². The Balaban J connectivity index is 2.70. The van der Waals surface area contributed by atoms with Gasteiger partial charge in [0, 0.05) is 11.1 Å². The van der Waals surface area contributed by atoms with E-state index >= 15 is 0 Å². The molecule has 1 aromatic rings. The Morgan fingerprint density at radius 2 is 2.00 bits per heavy atom. The second-order valence-electron chi connectivity index (χ2n) is 2.54. The predicted octanol–water partition coefficient (Wildman–Crippen LogP) is 1.36. The molecule has 0 saturated heterocycles. The Bertz CT molecular complexity index is 433. The summed E-state index contributed by atoms with van der Waals surface area (Å²) in [5, 5.41) is 4.11. The average Bonchev–Trinajstić information content (AvgIpc) is 2.19. The normalized spacial score (nSPS) is 13.9. The van der Waals surface area contributed by atoms with Crippen LogP contribution >= 0.6 is 11.6 Å². The van der Waals surface area contributed by atoms with Crippen LogP contribution in [0, 0.1) is 0 Å². The van der Waals surface area contributed by atoms with Crippen molar-refractivity contribution >= 4 is 28.4 Å². The summed E-state index contributed by atoms with van der Waals surface area (Å²) in [6.45, 7) is 0. The lowest BCUT2D eigenvalue weighted by Gasteiger charge is -2.13. The Morgan fingerprint density at radius 3 is 2.69 bits per heavy atom. The second-order valence-corrected chi connectivity index (χ2v) is 2.90. The predicted molar refractivity (Wildman–Crippen MR) is 51.1 cm³/mol. The van der Waals surface area contributed by atoms with E-state index in [1.807, 2.05) is 12.1 Å². The van der Waals surface area contributed by atoms with Crippen molar-refractivity contribution in [2.24, 2.45) is 5.10 Å². The van der Waals surface area contributed by atoms with Crippen molar-refractivity contribution in [1.82, 2.24) is 5.43 Å². The van der Waals surface area contributed by atoms with E-state index in [1.54, 1.807) is 18.1 Å². The van der Waals surface area contributed by atoms with E-state index in [2.05, 4.69) is 10.5 Å². The van der Waals surface area contributed by atoms with Crippen LogP contribution in [0.5, 0.6) is 0 Å². The van der Waals surface area contributed by atoms with E-state index < -0.39 is 0 Å². The van der Waals surface area contributed by atoms with Crippen LogP contribution in [0.3, 0.4) is 0 Å². The van der Waals surface area contributed by atoms with Crippen molar-refractivity contribution in [3.05, 3.63) is 35.4 Å². The number of benzene rings is 1. The maximum Gasteiger partial charge on any atom is 0.157 e. The number of hydrogen-bond donors (Lipinski definition) is 1. The van der Waals surface area contributed by atoms with Gasteiger partial charge in [0.1, 0.15) is 5.70 Å². The zero-order valence-electron chi connectivity index (χ0n) is 6.54. The lowest BCUT2D eigenvalue weighted by atomic mass is 10.1. The Kier molecular flexibility index (Phi) is 1.89. The molecule has 1 heterocycles. The Hall–Kier alpha value is -1.57. The molecular formula is C9H5ClN2O. The standard InChI is InChI=1S/C9H5ClN2O/c10-9-7-4-2-1-3-6(7)8(5-13)11-12-9/h1-4,11H. The Morgan fingerprint density at radius 1 is 1.31 bits per heavy atom. The van der Waals surface area contributed by atoms with Gasteiger partial charge in [0.25, 0.3) is 0 Å². The largest absolute Gasteiger partial charge is 0.266 e. The first-order valence-electron chi connectivity index (χ1n) is 3.67. The van der Waals surface area contributed by atoms with Gasteiger partial charge in [-0.2, -0.15) is 5.10 Å². The molecule has 1 aromatic carbocycles. The number of rotatable bonds is 0. The number of fused-ring (bicyclic) bond motifs is 1. The first kappa shape index (κ1) is 8.05. The summed E-state index contributed by atoms with van der Waals surface area (Å²) < 4.78 is 0. The summed E-state index contributed by atoms with van der Waals surface area (Å²) in [4.78, 5) is 10.5. The van der Waals surface area contributed by atoms with E-state index in [9.17, 15) is 4.79 Å². The molecule has 13 heavy (non-hydrogen) atoms. The molecule has 0 spiro atoms. The smallest absolute Gasteiger partial charge is 0.157 e. The molecule has 1 aliphatic rings. The fourth-order valence-corrected chi connectivity index (χ4v) is 1.39. The molecule has 1 N–H and O–H groups in total. The van der Waals surface area contributed by atoms with E-state index in [4.69, 9.17) is 11.6 Å². The Labute approximate surface area is 79.7 Å². The topological polar surface area (TPSA) is 41.5 Å². The van der Waals surface area contributed by atoms with Crippen molar-refractivity contribution in [1.29, 1.82) is 0 Å². The van der Waals surface area contributed by atoms with Crippen LogP contribution in [0.4, 0.5) is 0 Å². The average molecular weight is 193 g/mol. The van der Waals surface area contributed by atoms with Crippen molar-refractivity contribution in [2.75, 3.05) is 0 Å². The van der Waals surface area contributed by atoms with Crippen LogP contribution in [0.1, 0.15) is 11.1 Å². The third-order valence-electron chi connectivity index (χ3n) is 1.79. The van der Waals surface area contributed by atoms with Gasteiger partial charge in [0.05, 0.1) is 0 Å². The lowest BCUT2D eigenvalue weighted by molar-refractivity contribution is 0.568. The lowest BCUT2D eigenvalue weighted by Crippen LogP contribution is -2.16. The van der Waals surface area contributed by atoms with Gasteiger partial charge in [0.15, 0.2) is 11.1 Å².